The Labute approximate surface area is 60.4 Å². The first-order valence-electron chi connectivity index (χ1n) is 3.38. The molecule has 0 amide bonds. The Morgan fingerprint density at radius 2 is 2.40 bits per heavy atom. The Kier molecular flexibility index (Phi) is 2.25. The number of amidine groups is 1. The fourth-order valence-electron chi connectivity index (χ4n) is 0.747. The first kappa shape index (κ1) is 7.05. The van der Waals surface area contributed by atoms with E-state index >= 15 is 0 Å². The van der Waals surface area contributed by atoms with E-state index in [4.69, 9.17) is 0 Å². The van der Waals surface area contributed by atoms with Crippen LogP contribution in [0.4, 0.5) is 0 Å². The van der Waals surface area contributed by atoms with E-state index in [0.29, 0.717) is 5.92 Å². The summed E-state index contributed by atoms with van der Waals surface area (Å²) >= 11 is 0. The summed E-state index contributed by atoms with van der Waals surface area (Å²) in [5, 5.41) is 3.66. The van der Waals surface area contributed by atoms with Gasteiger partial charge < -0.3 is 0 Å². The molecular formula is C6H12N4. The van der Waals surface area contributed by atoms with Crippen molar-refractivity contribution in [2.45, 2.75) is 20.3 Å². The Morgan fingerprint density at radius 1 is 1.60 bits per heavy atom. The molecule has 56 valence electrons. The van der Waals surface area contributed by atoms with Gasteiger partial charge in [-0.2, -0.15) is 0 Å². The van der Waals surface area contributed by atoms with Gasteiger partial charge in [0.1, 0.15) is 12.2 Å². The van der Waals surface area contributed by atoms with E-state index in [2.05, 4.69) is 34.9 Å². The van der Waals surface area contributed by atoms with Gasteiger partial charge in [-0.1, -0.05) is 13.8 Å². The molecule has 0 aliphatic carbocycles. The molecule has 4 nitrogen and oxygen atoms in total. The van der Waals surface area contributed by atoms with Crippen LogP contribution < -0.4 is 11.0 Å². The van der Waals surface area contributed by atoms with E-state index in [9.17, 15) is 0 Å². The van der Waals surface area contributed by atoms with E-state index in [0.717, 1.165) is 12.3 Å². The molecule has 0 saturated heterocycles. The zero-order valence-electron chi connectivity index (χ0n) is 6.26. The zero-order chi connectivity index (χ0) is 7.40. The van der Waals surface area contributed by atoms with Gasteiger partial charge in [0, 0.05) is 6.42 Å². The van der Waals surface area contributed by atoms with Gasteiger partial charge >= 0.3 is 0 Å². The van der Waals surface area contributed by atoms with Crippen molar-refractivity contribution < 1.29 is 0 Å². The summed E-state index contributed by atoms with van der Waals surface area (Å²) < 4.78 is 0. The summed E-state index contributed by atoms with van der Waals surface area (Å²) in [7, 11) is 0. The molecule has 1 aliphatic heterocycles. The van der Waals surface area contributed by atoms with Gasteiger partial charge in [0.25, 0.3) is 0 Å². The van der Waals surface area contributed by atoms with Crippen LogP contribution in [0.2, 0.25) is 0 Å². The molecule has 0 aromatic carbocycles. The standard InChI is InChI=1S/C6H12N4/c1-5(2)3-6-7-4-8-10-9-6/h4-5,10H,3H2,1-2H3,(H,7,8,9). The molecule has 0 fully saturated rings. The van der Waals surface area contributed by atoms with Crippen molar-refractivity contribution in [2.24, 2.45) is 16.0 Å². The van der Waals surface area contributed by atoms with Gasteiger partial charge in [-0.3, -0.25) is 5.43 Å². The number of rotatable bonds is 2. The number of aliphatic imine (C=N–C) groups is 1. The zero-order valence-corrected chi connectivity index (χ0v) is 6.26. The van der Waals surface area contributed by atoms with Crippen LogP contribution in [0, 0.1) is 5.92 Å². The lowest BCUT2D eigenvalue weighted by atomic mass is 10.1. The molecular weight excluding hydrogens is 128 g/mol. The molecule has 0 atom stereocenters. The summed E-state index contributed by atoms with van der Waals surface area (Å²) in [4.78, 5) is 4.02. The molecule has 0 aromatic rings. The molecule has 0 unspecified atom stereocenters. The van der Waals surface area contributed by atoms with E-state index in [1.807, 2.05) is 0 Å². The molecule has 1 rings (SSSR count). The van der Waals surface area contributed by atoms with Crippen LogP contribution in [-0.4, -0.2) is 12.2 Å². The fourth-order valence-corrected chi connectivity index (χ4v) is 0.747. The summed E-state index contributed by atoms with van der Waals surface area (Å²) in [5.74, 6) is 1.57. The summed E-state index contributed by atoms with van der Waals surface area (Å²) in [6.07, 6.45) is 2.47. The van der Waals surface area contributed by atoms with Crippen molar-refractivity contribution in [3.05, 3.63) is 0 Å². The van der Waals surface area contributed by atoms with Gasteiger partial charge in [0.05, 0.1) is 0 Å². The van der Waals surface area contributed by atoms with Gasteiger partial charge in [-0.25, -0.2) is 10.5 Å². The lowest BCUT2D eigenvalue weighted by Crippen LogP contribution is -2.37. The van der Waals surface area contributed by atoms with Crippen LogP contribution in [0.1, 0.15) is 20.3 Å². The molecule has 0 radical (unpaired) electrons. The monoisotopic (exact) mass is 140 g/mol. The molecule has 0 saturated carbocycles. The third-order valence-electron chi connectivity index (χ3n) is 1.14. The van der Waals surface area contributed by atoms with Gasteiger partial charge in [-0.15, -0.1) is 5.10 Å². The van der Waals surface area contributed by atoms with E-state index in [-0.39, 0.29) is 0 Å². The normalized spacial score (nSPS) is 16.1. The van der Waals surface area contributed by atoms with Gasteiger partial charge in [0.15, 0.2) is 0 Å². The Hall–Kier alpha value is -1.06. The first-order chi connectivity index (χ1) is 4.79. The minimum atomic E-state index is 0.625. The predicted octanol–water partition coefficient (Wildman–Crippen LogP) is 0.482. The van der Waals surface area contributed by atoms with Crippen LogP contribution in [0.5, 0.6) is 0 Å². The number of hydrazine groups is 1. The van der Waals surface area contributed by atoms with Crippen LogP contribution in [0.3, 0.4) is 0 Å². The number of hydrazone groups is 1. The van der Waals surface area contributed by atoms with Gasteiger partial charge in [-0.05, 0) is 5.92 Å². The third kappa shape index (κ3) is 2.05. The van der Waals surface area contributed by atoms with E-state index < -0.39 is 0 Å². The molecule has 1 aliphatic rings. The van der Waals surface area contributed by atoms with Crippen molar-refractivity contribution >= 4 is 12.2 Å². The highest BCUT2D eigenvalue weighted by molar-refractivity contribution is 5.89. The number of hydrogen-bond donors (Lipinski definition) is 2. The van der Waals surface area contributed by atoms with Crippen molar-refractivity contribution in [1.29, 1.82) is 0 Å². The fraction of sp³-hybridized carbons (Fsp3) is 0.667. The second kappa shape index (κ2) is 3.20. The minimum absolute atomic E-state index is 0.625. The summed E-state index contributed by atoms with van der Waals surface area (Å²) in [6.45, 7) is 4.30. The second-order valence-corrected chi connectivity index (χ2v) is 2.66. The van der Waals surface area contributed by atoms with Crippen molar-refractivity contribution in [2.75, 3.05) is 0 Å². The molecule has 10 heavy (non-hydrogen) atoms. The highest BCUT2D eigenvalue weighted by Crippen LogP contribution is 1.99. The topological polar surface area (TPSA) is 48.8 Å². The van der Waals surface area contributed by atoms with Crippen LogP contribution in [0.25, 0.3) is 0 Å². The first-order valence-corrected chi connectivity index (χ1v) is 3.38. The number of nitrogens with one attached hydrogen (secondary N) is 2. The highest BCUT2D eigenvalue weighted by Gasteiger charge is 2.02. The SMILES string of the molecule is CC(C)CC1=NC=NNN1. The highest BCUT2D eigenvalue weighted by atomic mass is 15.6. The smallest absolute Gasteiger partial charge is 0.139 e. The number of hydrogen-bond acceptors (Lipinski definition) is 4. The lowest BCUT2D eigenvalue weighted by Gasteiger charge is -2.12. The van der Waals surface area contributed by atoms with Crippen LogP contribution in [0.15, 0.2) is 10.1 Å². The van der Waals surface area contributed by atoms with Crippen LogP contribution in [-0.2, 0) is 0 Å². The molecule has 0 bridgehead atoms. The van der Waals surface area contributed by atoms with Crippen molar-refractivity contribution in [3.63, 3.8) is 0 Å². The average molecular weight is 140 g/mol. The molecule has 0 spiro atoms. The van der Waals surface area contributed by atoms with E-state index in [1.54, 1.807) is 0 Å². The summed E-state index contributed by atoms with van der Waals surface area (Å²) in [6, 6.07) is 0. The lowest BCUT2D eigenvalue weighted by molar-refractivity contribution is 0.625. The maximum atomic E-state index is 4.02. The summed E-state index contributed by atoms with van der Waals surface area (Å²) in [5.41, 5.74) is 5.48. The van der Waals surface area contributed by atoms with Crippen molar-refractivity contribution in [1.82, 2.24) is 11.0 Å². The maximum Gasteiger partial charge on any atom is 0.139 e. The third-order valence-corrected chi connectivity index (χ3v) is 1.14. The quantitative estimate of drug-likeness (QED) is 0.586. The number of nitrogens with zero attached hydrogens (tertiary/aromatic N) is 2. The maximum absolute atomic E-state index is 4.02. The Morgan fingerprint density at radius 3 is 2.90 bits per heavy atom. The minimum Gasteiger partial charge on any atom is -0.272 e. The molecule has 4 heteroatoms. The predicted molar refractivity (Wildman–Crippen MR) is 41.7 cm³/mol. The van der Waals surface area contributed by atoms with Gasteiger partial charge in [0.2, 0.25) is 0 Å². The van der Waals surface area contributed by atoms with E-state index in [1.165, 1.54) is 6.34 Å². The largest absolute Gasteiger partial charge is 0.272 e. The van der Waals surface area contributed by atoms with Crippen molar-refractivity contribution in [3.8, 4) is 0 Å². The Bertz CT molecular complexity index is 159. The van der Waals surface area contributed by atoms with Crippen LogP contribution >= 0.6 is 0 Å². The Balaban J connectivity index is 2.39. The molecule has 1 heterocycles. The average Bonchev–Trinajstić information content (AvgIpc) is 1.88. The molecule has 2 N–H and O–H groups in total. The second-order valence-electron chi connectivity index (χ2n) is 2.66. The molecule has 0 aromatic heterocycles.